The lowest BCUT2D eigenvalue weighted by Crippen LogP contribution is -2.28. The monoisotopic (exact) mass is 406 g/mol. The maximum atomic E-state index is 13.3. The fourth-order valence-corrected chi connectivity index (χ4v) is 9.50. The predicted molar refractivity (Wildman–Crippen MR) is 119 cm³/mol. The van der Waals surface area contributed by atoms with Gasteiger partial charge in [0.2, 0.25) is 0 Å². The molecule has 1 aliphatic heterocycles. The van der Waals surface area contributed by atoms with E-state index in [2.05, 4.69) is 6.92 Å². The van der Waals surface area contributed by atoms with Crippen molar-refractivity contribution in [1.82, 2.24) is 0 Å². The molecule has 0 N–H and O–H groups in total. The van der Waals surface area contributed by atoms with Gasteiger partial charge >= 0.3 is 0 Å². The molecule has 1 aromatic rings. The molecule has 0 unspecified atom stereocenters. The van der Waals surface area contributed by atoms with Crippen molar-refractivity contribution in [2.24, 2.45) is 17.8 Å². The topological polar surface area (TPSA) is 0 Å². The minimum absolute atomic E-state index is 0.345. The predicted octanol–water partition coefficient (Wildman–Crippen LogP) is 7.92. The summed E-state index contributed by atoms with van der Waals surface area (Å²) in [6.45, 7) is 2.33. The molecule has 0 spiro atoms. The lowest BCUT2D eigenvalue weighted by Gasteiger charge is -2.37. The summed E-state index contributed by atoms with van der Waals surface area (Å²) in [6.07, 6.45) is 16.3. The Bertz CT molecular complexity index is 572. The molecule has 1 aromatic carbocycles. The normalized spacial score (nSPS) is 28.4. The van der Waals surface area contributed by atoms with Gasteiger partial charge in [-0.15, -0.1) is 0 Å². The number of unbranched alkanes of at least 4 members (excludes halogenated alkanes) is 2. The lowest BCUT2D eigenvalue weighted by molar-refractivity contribution is 0.184. The second kappa shape index (κ2) is 11.5. The van der Waals surface area contributed by atoms with Crippen LogP contribution in [0.2, 0.25) is 18.1 Å². The van der Waals surface area contributed by atoms with E-state index in [0.29, 0.717) is 0 Å². The Morgan fingerprint density at radius 1 is 0.857 bits per heavy atom. The molecule has 28 heavy (non-hydrogen) atoms. The van der Waals surface area contributed by atoms with Gasteiger partial charge in [0.05, 0.1) is 0 Å². The molecule has 0 aromatic heterocycles. The molecule has 1 aliphatic carbocycles. The third-order valence-corrected chi connectivity index (χ3v) is 11.3. The van der Waals surface area contributed by atoms with Crippen LogP contribution in [-0.4, -0.2) is 8.80 Å². The molecule has 1 heterocycles. The van der Waals surface area contributed by atoms with Crippen LogP contribution in [0, 0.1) is 29.4 Å². The highest BCUT2D eigenvalue weighted by Gasteiger charge is 2.30. The van der Waals surface area contributed by atoms with Gasteiger partial charge in [-0.3, -0.25) is 0 Å². The lowest BCUT2D eigenvalue weighted by atomic mass is 9.73. The van der Waals surface area contributed by atoms with Crippen LogP contribution in [0.1, 0.15) is 83.1 Å². The number of rotatable bonds is 9. The second-order valence-electron chi connectivity index (χ2n) is 9.70. The molecule has 1 saturated carbocycles. The van der Waals surface area contributed by atoms with Gasteiger partial charge in [0, 0.05) is 8.80 Å². The zero-order valence-electron chi connectivity index (χ0n) is 17.9. The zero-order chi connectivity index (χ0) is 19.8. The molecule has 0 amide bonds. The van der Waals surface area contributed by atoms with Crippen LogP contribution < -0.4 is 0 Å². The highest BCUT2D eigenvalue weighted by Crippen LogP contribution is 2.42. The van der Waals surface area contributed by atoms with E-state index in [1.807, 2.05) is 0 Å². The van der Waals surface area contributed by atoms with E-state index < -0.39 is 11.6 Å². The van der Waals surface area contributed by atoms with Crippen LogP contribution >= 0.6 is 0 Å². The maximum Gasteiger partial charge on any atom is 0.159 e. The van der Waals surface area contributed by atoms with Crippen LogP contribution in [0.25, 0.3) is 0 Å². The average Bonchev–Trinajstić information content (AvgIpc) is 2.73. The Kier molecular flexibility index (Phi) is 9.01. The van der Waals surface area contributed by atoms with Crippen molar-refractivity contribution in [3.63, 3.8) is 0 Å². The summed E-state index contributed by atoms with van der Waals surface area (Å²) in [5.41, 5.74) is 0.931. The maximum absolute atomic E-state index is 13.3. The van der Waals surface area contributed by atoms with Crippen molar-refractivity contribution in [3.05, 3.63) is 35.4 Å². The van der Waals surface area contributed by atoms with E-state index in [0.717, 1.165) is 36.2 Å². The molecular weight excluding hydrogens is 366 g/mol. The van der Waals surface area contributed by atoms with Crippen molar-refractivity contribution in [1.29, 1.82) is 0 Å². The van der Waals surface area contributed by atoms with E-state index in [1.165, 1.54) is 63.5 Å². The van der Waals surface area contributed by atoms with Crippen molar-refractivity contribution < 1.29 is 8.78 Å². The minimum Gasteiger partial charge on any atom is -0.204 e. The van der Waals surface area contributed by atoms with Crippen molar-refractivity contribution in [2.75, 3.05) is 0 Å². The smallest absolute Gasteiger partial charge is 0.159 e. The van der Waals surface area contributed by atoms with Crippen molar-refractivity contribution in [3.8, 4) is 0 Å². The van der Waals surface area contributed by atoms with Gasteiger partial charge in [0.1, 0.15) is 0 Å². The Balaban J connectivity index is 1.28. The highest BCUT2D eigenvalue weighted by molar-refractivity contribution is 6.58. The summed E-state index contributed by atoms with van der Waals surface area (Å²) in [7, 11) is -0.345. The van der Waals surface area contributed by atoms with Crippen molar-refractivity contribution >= 4 is 8.80 Å². The molecule has 0 nitrogen and oxygen atoms in total. The van der Waals surface area contributed by atoms with Crippen LogP contribution in [0.3, 0.4) is 0 Å². The van der Waals surface area contributed by atoms with Gasteiger partial charge in [-0.05, 0) is 61.1 Å². The Morgan fingerprint density at radius 3 is 2.25 bits per heavy atom. The molecule has 0 atom stereocenters. The molecule has 3 rings (SSSR count). The van der Waals surface area contributed by atoms with E-state index >= 15 is 0 Å². The first-order chi connectivity index (χ1) is 13.7. The SMILES string of the molecule is CCCC[SiH]1CCC(C2CCC(CCCCc3ccc(F)c(F)c3)CC2)CC1. The standard InChI is InChI=1S/C25H40F2Si/c1-2-3-16-28-17-14-23(15-18-28)22-11-8-20(9-12-22)6-4-5-7-21-10-13-24(26)25(27)19-21/h10,13,19-20,22-23,28H,2-9,11-12,14-18H2,1H3. The van der Waals surface area contributed by atoms with E-state index in [4.69, 9.17) is 0 Å². The summed E-state index contributed by atoms with van der Waals surface area (Å²) >= 11 is 0. The van der Waals surface area contributed by atoms with Gasteiger partial charge in [-0.25, -0.2) is 8.78 Å². The van der Waals surface area contributed by atoms with Gasteiger partial charge < -0.3 is 0 Å². The highest BCUT2D eigenvalue weighted by atomic mass is 28.3. The van der Waals surface area contributed by atoms with E-state index in [1.54, 1.807) is 37.0 Å². The van der Waals surface area contributed by atoms with Crippen LogP contribution in [0.15, 0.2) is 18.2 Å². The van der Waals surface area contributed by atoms with Gasteiger partial charge in [-0.1, -0.05) is 82.5 Å². The van der Waals surface area contributed by atoms with Gasteiger partial charge in [0.25, 0.3) is 0 Å². The summed E-state index contributed by atoms with van der Waals surface area (Å²) in [4.78, 5) is 0. The molecule has 2 fully saturated rings. The van der Waals surface area contributed by atoms with Gasteiger partial charge in [0.15, 0.2) is 11.6 Å². The Morgan fingerprint density at radius 2 is 1.57 bits per heavy atom. The van der Waals surface area contributed by atoms with Crippen LogP contribution in [0.4, 0.5) is 8.78 Å². The van der Waals surface area contributed by atoms with Crippen LogP contribution in [0.5, 0.6) is 0 Å². The third-order valence-electron chi connectivity index (χ3n) is 7.73. The Hall–Kier alpha value is -0.703. The number of hydrogen-bond donors (Lipinski definition) is 0. The molecule has 2 aliphatic rings. The first-order valence-electron chi connectivity index (χ1n) is 12.1. The first kappa shape index (κ1) is 22.0. The third kappa shape index (κ3) is 6.68. The molecule has 0 radical (unpaired) electrons. The van der Waals surface area contributed by atoms with Gasteiger partial charge in [-0.2, -0.15) is 0 Å². The molecule has 0 bridgehead atoms. The van der Waals surface area contributed by atoms with Crippen molar-refractivity contribution in [2.45, 2.75) is 102 Å². The number of hydrogen-bond acceptors (Lipinski definition) is 0. The van der Waals surface area contributed by atoms with E-state index in [-0.39, 0.29) is 8.80 Å². The molecule has 3 heteroatoms. The Labute approximate surface area is 173 Å². The summed E-state index contributed by atoms with van der Waals surface area (Å²) in [5, 5.41) is 0. The summed E-state index contributed by atoms with van der Waals surface area (Å²) in [6, 6.07) is 9.22. The first-order valence-corrected chi connectivity index (χ1v) is 14.5. The number of halogens is 2. The minimum atomic E-state index is -0.739. The van der Waals surface area contributed by atoms with E-state index in [9.17, 15) is 8.78 Å². The zero-order valence-corrected chi connectivity index (χ0v) is 19.1. The molecular formula is C25H40F2Si. The summed E-state index contributed by atoms with van der Waals surface area (Å²) < 4.78 is 26.3. The fraction of sp³-hybridized carbons (Fsp3) is 0.760. The second-order valence-corrected chi connectivity index (χ2v) is 13.2. The number of benzene rings is 1. The largest absolute Gasteiger partial charge is 0.204 e. The molecule has 1 saturated heterocycles. The quantitative estimate of drug-likeness (QED) is 0.288. The molecule has 158 valence electrons. The average molecular weight is 407 g/mol. The fourth-order valence-electron chi connectivity index (χ4n) is 5.85. The summed E-state index contributed by atoms with van der Waals surface area (Å²) in [5.74, 6) is 1.55. The van der Waals surface area contributed by atoms with Crippen LogP contribution in [-0.2, 0) is 6.42 Å². The number of aryl methyl sites for hydroxylation is 1.